The largest absolute Gasteiger partial charge is 0.484 e. The molecule has 0 saturated heterocycles. The van der Waals surface area contributed by atoms with Crippen LogP contribution in [0.2, 0.25) is 0 Å². The number of esters is 1. The van der Waals surface area contributed by atoms with Crippen LogP contribution in [-0.2, 0) is 14.3 Å². The van der Waals surface area contributed by atoms with Crippen molar-refractivity contribution in [1.82, 2.24) is 5.32 Å². The molecular weight excluding hydrogens is 224 g/mol. The lowest BCUT2D eigenvalue weighted by atomic mass is 10.3. The van der Waals surface area contributed by atoms with Crippen LogP contribution < -0.4 is 15.8 Å². The number of methoxy groups -OCH3 is 1. The van der Waals surface area contributed by atoms with Gasteiger partial charge >= 0.3 is 5.97 Å². The van der Waals surface area contributed by atoms with Crippen LogP contribution in [0.25, 0.3) is 0 Å². The summed E-state index contributed by atoms with van der Waals surface area (Å²) in [5.41, 5.74) is 6.11. The molecule has 0 unspecified atom stereocenters. The molecule has 0 atom stereocenters. The summed E-state index contributed by atoms with van der Waals surface area (Å²) in [4.78, 5) is 22.0. The molecule has 1 rings (SSSR count). The molecule has 17 heavy (non-hydrogen) atoms. The van der Waals surface area contributed by atoms with Crippen LogP contribution in [0.3, 0.4) is 0 Å². The van der Waals surface area contributed by atoms with Gasteiger partial charge in [0.05, 0.1) is 7.11 Å². The third-order valence-corrected chi connectivity index (χ3v) is 1.91. The van der Waals surface area contributed by atoms with Gasteiger partial charge in [0.15, 0.2) is 6.61 Å². The van der Waals surface area contributed by atoms with Crippen molar-refractivity contribution in [2.24, 2.45) is 0 Å². The van der Waals surface area contributed by atoms with Gasteiger partial charge in [-0.2, -0.15) is 0 Å². The van der Waals surface area contributed by atoms with E-state index in [9.17, 15) is 9.59 Å². The van der Waals surface area contributed by atoms with Crippen LogP contribution in [0.15, 0.2) is 24.3 Å². The second-order valence-electron chi connectivity index (χ2n) is 3.21. The Kier molecular flexibility index (Phi) is 4.80. The smallest absolute Gasteiger partial charge is 0.325 e. The van der Waals surface area contributed by atoms with E-state index in [0.717, 1.165) is 0 Å². The van der Waals surface area contributed by atoms with Crippen molar-refractivity contribution in [3.63, 3.8) is 0 Å². The van der Waals surface area contributed by atoms with Gasteiger partial charge in [-0.3, -0.25) is 9.59 Å². The number of carbonyl (C=O) groups is 2. The van der Waals surface area contributed by atoms with Gasteiger partial charge in [0, 0.05) is 5.69 Å². The highest BCUT2D eigenvalue weighted by Crippen LogP contribution is 2.12. The maximum Gasteiger partial charge on any atom is 0.325 e. The molecule has 0 aromatic heterocycles. The third kappa shape index (κ3) is 4.87. The number of amides is 1. The zero-order chi connectivity index (χ0) is 12.7. The predicted octanol–water partition coefficient (Wildman–Crippen LogP) is -0.0632. The molecule has 92 valence electrons. The van der Waals surface area contributed by atoms with Crippen LogP contribution >= 0.6 is 0 Å². The number of anilines is 1. The second-order valence-corrected chi connectivity index (χ2v) is 3.21. The summed E-state index contributed by atoms with van der Waals surface area (Å²) in [6.07, 6.45) is 0. The topological polar surface area (TPSA) is 90.6 Å². The van der Waals surface area contributed by atoms with Crippen molar-refractivity contribution in [2.75, 3.05) is 26.0 Å². The third-order valence-electron chi connectivity index (χ3n) is 1.91. The van der Waals surface area contributed by atoms with Gasteiger partial charge in [-0.25, -0.2) is 0 Å². The van der Waals surface area contributed by atoms with E-state index in [1.807, 2.05) is 0 Å². The van der Waals surface area contributed by atoms with E-state index in [0.29, 0.717) is 11.4 Å². The van der Waals surface area contributed by atoms with Gasteiger partial charge in [-0.15, -0.1) is 0 Å². The Balaban J connectivity index is 2.28. The van der Waals surface area contributed by atoms with E-state index < -0.39 is 11.9 Å². The molecule has 6 nitrogen and oxygen atoms in total. The van der Waals surface area contributed by atoms with E-state index >= 15 is 0 Å². The van der Waals surface area contributed by atoms with Crippen LogP contribution in [0.1, 0.15) is 0 Å². The molecule has 1 aromatic carbocycles. The highest BCUT2D eigenvalue weighted by Gasteiger charge is 2.05. The molecule has 0 aliphatic rings. The fourth-order valence-electron chi connectivity index (χ4n) is 1.01. The van der Waals surface area contributed by atoms with Crippen LogP contribution in [-0.4, -0.2) is 32.1 Å². The minimum Gasteiger partial charge on any atom is -0.484 e. The number of nitrogen functional groups attached to an aromatic ring is 1. The number of hydrogen-bond donors (Lipinski definition) is 2. The monoisotopic (exact) mass is 238 g/mol. The summed E-state index contributed by atoms with van der Waals surface area (Å²) in [7, 11) is 1.25. The molecule has 0 heterocycles. The van der Waals surface area contributed by atoms with Gasteiger partial charge < -0.3 is 20.5 Å². The lowest BCUT2D eigenvalue weighted by molar-refractivity contribution is -0.141. The van der Waals surface area contributed by atoms with Crippen molar-refractivity contribution in [1.29, 1.82) is 0 Å². The lowest BCUT2D eigenvalue weighted by Crippen LogP contribution is -2.33. The Hall–Kier alpha value is -2.24. The maximum absolute atomic E-state index is 11.2. The Morgan fingerprint density at radius 3 is 2.53 bits per heavy atom. The first-order chi connectivity index (χ1) is 8.11. The van der Waals surface area contributed by atoms with Gasteiger partial charge in [0.2, 0.25) is 0 Å². The molecule has 0 aliphatic heterocycles. The normalized spacial score (nSPS) is 9.47. The first kappa shape index (κ1) is 12.8. The van der Waals surface area contributed by atoms with Crippen molar-refractivity contribution in [3.8, 4) is 5.75 Å². The number of carbonyl (C=O) groups excluding carboxylic acids is 2. The summed E-state index contributed by atoms with van der Waals surface area (Å²) >= 11 is 0. The van der Waals surface area contributed by atoms with Crippen molar-refractivity contribution in [2.45, 2.75) is 0 Å². The number of nitrogens with two attached hydrogens (primary N) is 1. The number of rotatable bonds is 5. The van der Waals surface area contributed by atoms with Crippen LogP contribution in [0.4, 0.5) is 5.69 Å². The van der Waals surface area contributed by atoms with E-state index in [1.54, 1.807) is 24.3 Å². The summed E-state index contributed by atoms with van der Waals surface area (Å²) in [5.74, 6) is -0.370. The maximum atomic E-state index is 11.2. The van der Waals surface area contributed by atoms with Crippen molar-refractivity contribution < 1.29 is 19.1 Å². The quantitative estimate of drug-likeness (QED) is 0.554. The summed E-state index contributed by atoms with van der Waals surface area (Å²) in [5, 5.41) is 2.35. The summed E-state index contributed by atoms with van der Waals surface area (Å²) in [6.45, 7) is -0.332. The van der Waals surface area contributed by atoms with Gasteiger partial charge in [-0.1, -0.05) is 0 Å². The number of ether oxygens (including phenoxy) is 2. The van der Waals surface area contributed by atoms with E-state index in [2.05, 4.69) is 10.1 Å². The number of hydrogen-bond acceptors (Lipinski definition) is 5. The SMILES string of the molecule is COC(=O)CNC(=O)COc1ccc(N)cc1. The van der Waals surface area contributed by atoms with Gasteiger partial charge in [0.1, 0.15) is 12.3 Å². The zero-order valence-electron chi connectivity index (χ0n) is 9.43. The molecule has 0 fully saturated rings. The van der Waals surface area contributed by atoms with Gasteiger partial charge in [-0.05, 0) is 24.3 Å². The van der Waals surface area contributed by atoms with Crippen LogP contribution in [0, 0.1) is 0 Å². The number of nitrogens with one attached hydrogen (secondary N) is 1. The minimum absolute atomic E-state index is 0.166. The van der Waals surface area contributed by atoms with Crippen molar-refractivity contribution >= 4 is 17.6 Å². The molecule has 1 aromatic rings. The average Bonchev–Trinajstić information content (AvgIpc) is 2.35. The van der Waals surface area contributed by atoms with E-state index in [4.69, 9.17) is 10.5 Å². The lowest BCUT2D eigenvalue weighted by Gasteiger charge is -2.06. The fraction of sp³-hybridized carbons (Fsp3) is 0.273. The molecule has 0 spiro atoms. The standard InChI is InChI=1S/C11H14N2O4/c1-16-11(15)6-13-10(14)7-17-9-4-2-8(12)3-5-9/h2-5H,6-7,12H2,1H3,(H,13,14). The fourth-order valence-corrected chi connectivity index (χ4v) is 1.01. The molecule has 0 radical (unpaired) electrons. The van der Waals surface area contributed by atoms with Crippen LogP contribution in [0.5, 0.6) is 5.75 Å². The first-order valence-electron chi connectivity index (χ1n) is 4.93. The average molecular weight is 238 g/mol. The Morgan fingerprint density at radius 2 is 1.94 bits per heavy atom. The minimum atomic E-state index is -0.508. The molecule has 0 aliphatic carbocycles. The molecule has 3 N–H and O–H groups in total. The summed E-state index contributed by atoms with van der Waals surface area (Å²) < 4.78 is 9.54. The van der Waals surface area contributed by atoms with E-state index in [1.165, 1.54) is 7.11 Å². The summed E-state index contributed by atoms with van der Waals surface area (Å²) in [6, 6.07) is 6.65. The Morgan fingerprint density at radius 1 is 1.29 bits per heavy atom. The van der Waals surface area contributed by atoms with Gasteiger partial charge in [0.25, 0.3) is 5.91 Å². The second kappa shape index (κ2) is 6.37. The Bertz CT molecular complexity index is 389. The molecule has 1 amide bonds. The highest BCUT2D eigenvalue weighted by atomic mass is 16.5. The van der Waals surface area contributed by atoms with Crippen molar-refractivity contribution in [3.05, 3.63) is 24.3 Å². The molecular formula is C11H14N2O4. The zero-order valence-corrected chi connectivity index (χ0v) is 9.43. The molecule has 0 saturated carbocycles. The van der Waals surface area contributed by atoms with E-state index in [-0.39, 0.29) is 13.2 Å². The molecule has 0 bridgehead atoms. The first-order valence-corrected chi connectivity index (χ1v) is 4.93. The number of benzene rings is 1. The highest BCUT2D eigenvalue weighted by molar-refractivity contribution is 5.82. The Labute approximate surface area is 98.7 Å². The predicted molar refractivity (Wildman–Crippen MR) is 61.4 cm³/mol. The molecule has 6 heteroatoms.